The summed E-state index contributed by atoms with van der Waals surface area (Å²) in [6.07, 6.45) is 1.88. The Morgan fingerprint density at radius 1 is 1.47 bits per heavy atom. The predicted molar refractivity (Wildman–Crippen MR) is 62.8 cm³/mol. The molecule has 0 aromatic heterocycles. The molecule has 0 fully saturated rings. The van der Waals surface area contributed by atoms with Crippen molar-refractivity contribution in [1.82, 2.24) is 0 Å². The highest BCUT2D eigenvalue weighted by molar-refractivity contribution is 6.18. The highest BCUT2D eigenvalue weighted by Gasteiger charge is 2.50. The standard InChI is InChI=1S/C12H11N3O2/c13-10(16)9-5-12(6-14-9)7-3-1-2-4-8(7)15-11(12)17/h1-4,6,9H,5H2,(H2,13,16)(H,15,17)/t9-,12-/m0/s1. The van der Waals surface area contributed by atoms with Gasteiger partial charge >= 0.3 is 0 Å². The van der Waals surface area contributed by atoms with Crippen LogP contribution in [0.1, 0.15) is 12.0 Å². The lowest BCUT2D eigenvalue weighted by Gasteiger charge is -2.18. The number of amides is 2. The average molecular weight is 229 g/mol. The van der Waals surface area contributed by atoms with E-state index in [1.807, 2.05) is 24.3 Å². The molecular weight excluding hydrogens is 218 g/mol. The van der Waals surface area contributed by atoms with Crippen LogP contribution in [0.15, 0.2) is 29.3 Å². The van der Waals surface area contributed by atoms with Crippen LogP contribution in [-0.2, 0) is 15.0 Å². The number of nitrogens with one attached hydrogen (secondary N) is 1. The highest BCUT2D eigenvalue weighted by atomic mass is 16.2. The van der Waals surface area contributed by atoms with Gasteiger partial charge in [-0.05, 0) is 11.6 Å². The van der Waals surface area contributed by atoms with Gasteiger partial charge in [0.25, 0.3) is 0 Å². The molecule has 0 saturated carbocycles. The summed E-state index contributed by atoms with van der Waals surface area (Å²) < 4.78 is 0. The second kappa shape index (κ2) is 3.16. The third-order valence-corrected chi connectivity index (χ3v) is 3.38. The van der Waals surface area contributed by atoms with Gasteiger partial charge < -0.3 is 11.1 Å². The Kier molecular flexibility index (Phi) is 1.86. The molecule has 2 aliphatic rings. The molecular formula is C12H11N3O2. The van der Waals surface area contributed by atoms with Crippen LogP contribution in [0.5, 0.6) is 0 Å². The first-order chi connectivity index (χ1) is 8.13. The lowest BCUT2D eigenvalue weighted by Crippen LogP contribution is -2.37. The third-order valence-electron chi connectivity index (χ3n) is 3.38. The van der Waals surface area contributed by atoms with Gasteiger partial charge in [-0.15, -0.1) is 0 Å². The summed E-state index contributed by atoms with van der Waals surface area (Å²) in [6.45, 7) is 0. The quantitative estimate of drug-likeness (QED) is 0.721. The third kappa shape index (κ3) is 1.22. The number of para-hydroxylation sites is 1. The molecule has 0 unspecified atom stereocenters. The smallest absolute Gasteiger partial charge is 0.242 e. The van der Waals surface area contributed by atoms with Crippen LogP contribution in [0, 0.1) is 0 Å². The van der Waals surface area contributed by atoms with Crippen molar-refractivity contribution in [3.8, 4) is 0 Å². The second-order valence-electron chi connectivity index (χ2n) is 4.37. The molecule has 17 heavy (non-hydrogen) atoms. The summed E-state index contributed by atoms with van der Waals surface area (Å²) in [7, 11) is 0. The van der Waals surface area contributed by atoms with Gasteiger partial charge in [-0.25, -0.2) is 0 Å². The largest absolute Gasteiger partial charge is 0.368 e. The first-order valence-corrected chi connectivity index (χ1v) is 5.38. The molecule has 1 aromatic carbocycles. The molecule has 2 atom stereocenters. The number of nitrogens with two attached hydrogens (primary N) is 1. The van der Waals surface area contributed by atoms with Crippen molar-refractivity contribution in [3.63, 3.8) is 0 Å². The molecule has 1 aromatic rings. The van der Waals surface area contributed by atoms with Gasteiger partial charge in [0.05, 0.1) is 0 Å². The summed E-state index contributed by atoms with van der Waals surface area (Å²) >= 11 is 0. The summed E-state index contributed by atoms with van der Waals surface area (Å²) in [4.78, 5) is 27.3. The van der Waals surface area contributed by atoms with Crippen molar-refractivity contribution < 1.29 is 9.59 Å². The van der Waals surface area contributed by atoms with Crippen LogP contribution in [0.25, 0.3) is 0 Å². The molecule has 5 heteroatoms. The van der Waals surface area contributed by atoms with Gasteiger partial charge in [0.1, 0.15) is 11.5 Å². The molecule has 2 heterocycles. The van der Waals surface area contributed by atoms with Crippen LogP contribution < -0.4 is 11.1 Å². The number of carbonyl (C=O) groups is 2. The lowest BCUT2D eigenvalue weighted by atomic mass is 9.79. The van der Waals surface area contributed by atoms with E-state index < -0.39 is 17.4 Å². The molecule has 1 spiro atoms. The van der Waals surface area contributed by atoms with Crippen LogP contribution in [0.3, 0.4) is 0 Å². The van der Waals surface area contributed by atoms with Crippen molar-refractivity contribution in [2.24, 2.45) is 10.7 Å². The van der Waals surface area contributed by atoms with E-state index in [0.717, 1.165) is 11.3 Å². The Bertz CT molecular complexity index is 552. The molecule has 0 radical (unpaired) electrons. The summed E-state index contributed by atoms with van der Waals surface area (Å²) in [5.74, 6) is -0.624. The SMILES string of the molecule is NC(=O)[C@@H]1C[C@@]2(C=N1)C(=O)Nc1ccccc12. The van der Waals surface area contributed by atoms with Crippen LogP contribution in [0.2, 0.25) is 0 Å². The Labute approximate surface area is 97.7 Å². The minimum atomic E-state index is -0.809. The zero-order valence-corrected chi connectivity index (χ0v) is 9.01. The number of primary amides is 1. The number of rotatable bonds is 1. The lowest BCUT2D eigenvalue weighted by molar-refractivity contribution is -0.120. The van der Waals surface area contributed by atoms with Crippen LogP contribution in [-0.4, -0.2) is 24.1 Å². The number of benzene rings is 1. The van der Waals surface area contributed by atoms with Gasteiger partial charge in [0, 0.05) is 18.3 Å². The molecule has 3 rings (SSSR count). The molecule has 0 saturated heterocycles. The Hall–Kier alpha value is -2.17. The molecule has 2 amide bonds. The number of hydrogen-bond acceptors (Lipinski definition) is 3. The fourth-order valence-electron chi connectivity index (χ4n) is 2.47. The second-order valence-corrected chi connectivity index (χ2v) is 4.37. The maximum Gasteiger partial charge on any atom is 0.242 e. The normalized spacial score (nSPS) is 29.4. The fourth-order valence-corrected chi connectivity index (χ4v) is 2.47. The molecule has 5 nitrogen and oxygen atoms in total. The minimum absolute atomic E-state index is 0.133. The molecule has 0 aliphatic carbocycles. The van der Waals surface area contributed by atoms with E-state index in [0.29, 0.717) is 6.42 Å². The molecule has 86 valence electrons. The van der Waals surface area contributed by atoms with Gasteiger partial charge in [0.2, 0.25) is 11.8 Å². The number of nitrogens with zero attached hydrogens (tertiary/aromatic N) is 1. The Morgan fingerprint density at radius 3 is 2.94 bits per heavy atom. The van der Waals surface area contributed by atoms with E-state index in [1.54, 1.807) is 6.21 Å². The first kappa shape index (κ1) is 10.0. The fraction of sp³-hybridized carbons (Fsp3) is 0.250. The zero-order chi connectivity index (χ0) is 12.0. The summed E-state index contributed by atoms with van der Waals surface area (Å²) in [5, 5.41) is 2.81. The van der Waals surface area contributed by atoms with Crippen molar-refractivity contribution in [1.29, 1.82) is 0 Å². The Morgan fingerprint density at radius 2 is 2.24 bits per heavy atom. The minimum Gasteiger partial charge on any atom is -0.368 e. The van der Waals surface area contributed by atoms with Gasteiger partial charge in [-0.1, -0.05) is 18.2 Å². The van der Waals surface area contributed by atoms with Gasteiger partial charge in [0.15, 0.2) is 0 Å². The maximum absolute atomic E-state index is 12.1. The van der Waals surface area contributed by atoms with Gasteiger partial charge in [-0.3, -0.25) is 14.6 Å². The average Bonchev–Trinajstić information content (AvgIpc) is 2.85. The first-order valence-electron chi connectivity index (χ1n) is 5.38. The van der Waals surface area contributed by atoms with Crippen molar-refractivity contribution in [3.05, 3.63) is 29.8 Å². The van der Waals surface area contributed by atoms with Crippen molar-refractivity contribution in [2.75, 3.05) is 5.32 Å². The number of carbonyl (C=O) groups excluding carboxylic acids is 2. The predicted octanol–water partition coefficient (Wildman–Crippen LogP) is 0.205. The van der Waals surface area contributed by atoms with Crippen molar-refractivity contribution in [2.45, 2.75) is 17.9 Å². The number of anilines is 1. The molecule has 3 N–H and O–H groups in total. The monoisotopic (exact) mass is 229 g/mol. The van der Waals surface area contributed by atoms with E-state index in [-0.39, 0.29) is 5.91 Å². The van der Waals surface area contributed by atoms with Crippen LogP contribution in [0.4, 0.5) is 5.69 Å². The number of aliphatic imine (C=N–C) groups is 1. The van der Waals surface area contributed by atoms with E-state index >= 15 is 0 Å². The summed E-state index contributed by atoms with van der Waals surface area (Å²) in [6, 6.07) is 6.84. The van der Waals surface area contributed by atoms with Crippen molar-refractivity contribution >= 4 is 23.7 Å². The van der Waals surface area contributed by atoms with E-state index in [4.69, 9.17) is 5.73 Å². The highest BCUT2D eigenvalue weighted by Crippen LogP contribution is 2.42. The Balaban J connectivity index is 2.08. The van der Waals surface area contributed by atoms with E-state index in [9.17, 15) is 9.59 Å². The number of fused-ring (bicyclic) bond motifs is 2. The zero-order valence-electron chi connectivity index (χ0n) is 9.01. The van der Waals surface area contributed by atoms with Crippen LogP contribution >= 0.6 is 0 Å². The summed E-state index contributed by atoms with van der Waals surface area (Å²) in [5.41, 5.74) is 6.08. The number of hydrogen-bond donors (Lipinski definition) is 2. The van der Waals surface area contributed by atoms with E-state index in [2.05, 4.69) is 10.3 Å². The molecule has 0 bridgehead atoms. The molecule has 2 aliphatic heterocycles. The van der Waals surface area contributed by atoms with E-state index in [1.165, 1.54) is 0 Å². The maximum atomic E-state index is 12.1. The topological polar surface area (TPSA) is 84.6 Å². The van der Waals surface area contributed by atoms with Gasteiger partial charge in [-0.2, -0.15) is 0 Å².